The molecule has 0 aromatic carbocycles. The van der Waals surface area contributed by atoms with Gasteiger partial charge < -0.3 is 27.9 Å². The summed E-state index contributed by atoms with van der Waals surface area (Å²) in [7, 11) is 1.13. The molecule has 0 aliphatic carbocycles. The minimum absolute atomic E-state index is 0.0432. The lowest BCUT2D eigenvalue weighted by Gasteiger charge is -2.28. The molecule has 0 saturated carbocycles. The highest BCUT2D eigenvalue weighted by atomic mass is 31.2. The lowest BCUT2D eigenvalue weighted by atomic mass is 10.0. The molecule has 9 nitrogen and oxygen atoms in total. The molecule has 2 atom stereocenters. The molecule has 0 aliphatic rings. The maximum Gasteiger partial charge on any atom is 0.306 e. The molecule has 0 saturated heterocycles. The van der Waals surface area contributed by atoms with E-state index in [0.717, 1.165) is 109 Å². The SMILES string of the molecule is CC/C=C\C/C=C\C/C=C\C/C=C\C/C=C\C/C=C\C/C=C\C/C=C\C/C=C\C/C=C\C/C=C\CCCCCC(=O)OC(COC(=O)CCCCCCCCCCCCCCCCCCCCCC)COP(=O)([O-])OCC[N+](C)(C)C. The van der Waals surface area contributed by atoms with Crippen LogP contribution in [-0.2, 0) is 32.7 Å². The largest absolute Gasteiger partial charge is 0.756 e. The maximum atomic E-state index is 12.8. The summed E-state index contributed by atoms with van der Waals surface area (Å²) in [6.07, 6.45) is 88.0. The normalized spacial score (nSPS) is 14.1. The lowest BCUT2D eigenvalue weighted by Crippen LogP contribution is -2.37. The first-order valence-electron chi connectivity index (χ1n) is 32.4. The summed E-state index contributed by atoms with van der Waals surface area (Å²) in [5.74, 6) is -0.873. The number of unbranched alkanes of at least 4 members (excludes halogenated alkanes) is 22. The van der Waals surface area contributed by atoms with Crippen LogP contribution >= 0.6 is 7.82 Å². The van der Waals surface area contributed by atoms with Gasteiger partial charge in [0.15, 0.2) is 6.10 Å². The number of ether oxygens (including phenoxy) is 2. The van der Waals surface area contributed by atoms with Gasteiger partial charge in [-0.25, -0.2) is 0 Å². The molecule has 0 bridgehead atoms. The molecule has 0 heterocycles. The van der Waals surface area contributed by atoms with Crippen molar-refractivity contribution in [3.8, 4) is 0 Å². The third-order valence-corrected chi connectivity index (χ3v) is 14.4. The van der Waals surface area contributed by atoms with Crippen LogP contribution in [0.15, 0.2) is 134 Å². The summed E-state index contributed by atoms with van der Waals surface area (Å²) in [6.45, 7) is 4.09. The fraction of sp³-hybridized carbons (Fsp3) is 0.662. The van der Waals surface area contributed by atoms with Crippen LogP contribution in [0.5, 0.6) is 0 Å². The van der Waals surface area contributed by atoms with Gasteiger partial charge in [-0.05, 0) is 96.3 Å². The van der Waals surface area contributed by atoms with Gasteiger partial charge in [0.2, 0.25) is 0 Å². The Hall–Kier alpha value is -3.85. The molecular weight excluding hydrogens is 1030 g/mol. The fourth-order valence-electron chi connectivity index (χ4n) is 8.48. The van der Waals surface area contributed by atoms with Crippen molar-refractivity contribution in [2.24, 2.45) is 0 Å². The second-order valence-corrected chi connectivity index (χ2v) is 23.8. The topological polar surface area (TPSA) is 111 Å². The third-order valence-electron chi connectivity index (χ3n) is 13.4. The number of quaternary nitrogens is 1. The van der Waals surface area contributed by atoms with Crippen molar-refractivity contribution in [2.45, 2.75) is 258 Å². The molecule has 0 radical (unpaired) electrons. The van der Waals surface area contributed by atoms with Crippen LogP contribution in [0.1, 0.15) is 251 Å². The summed E-state index contributed by atoms with van der Waals surface area (Å²) >= 11 is 0. The van der Waals surface area contributed by atoms with E-state index in [1.165, 1.54) is 109 Å². The van der Waals surface area contributed by atoms with Crippen LogP contribution in [0.2, 0.25) is 0 Å². The lowest BCUT2D eigenvalue weighted by molar-refractivity contribution is -0.870. The molecular formula is C71H120NO8P. The molecule has 462 valence electrons. The Balaban J connectivity index is 4.22. The number of carbonyl (C=O) groups is 2. The number of carbonyl (C=O) groups excluding carboxylic acids is 2. The highest BCUT2D eigenvalue weighted by Crippen LogP contribution is 2.38. The van der Waals surface area contributed by atoms with E-state index in [9.17, 15) is 19.0 Å². The highest BCUT2D eigenvalue weighted by molar-refractivity contribution is 7.45. The molecule has 0 amide bonds. The maximum absolute atomic E-state index is 12.8. The van der Waals surface area contributed by atoms with E-state index in [-0.39, 0.29) is 26.1 Å². The molecule has 0 fully saturated rings. The summed E-state index contributed by atoms with van der Waals surface area (Å²) in [6, 6.07) is 0. The Bertz CT molecular complexity index is 1830. The Kier molecular flexibility index (Phi) is 57.8. The molecule has 0 aromatic heterocycles. The Morgan fingerprint density at radius 2 is 0.704 bits per heavy atom. The van der Waals surface area contributed by atoms with Crippen molar-refractivity contribution in [3.05, 3.63) is 134 Å². The molecule has 2 unspecified atom stereocenters. The molecule has 0 aromatic rings. The average molecular weight is 1150 g/mol. The van der Waals surface area contributed by atoms with Gasteiger partial charge in [0.25, 0.3) is 7.82 Å². The summed E-state index contributed by atoms with van der Waals surface area (Å²) in [5.41, 5.74) is 0. The standard InChI is InChI=1S/C71H120NO8P/c1-6-8-10-12-14-16-18-20-22-24-26-28-29-30-31-32-33-34-35-36-37-38-39-40-41-42-43-44-46-48-50-52-54-56-58-60-62-64-71(74)80-69(68-79-81(75,76)78-66-65-72(3,4)5)67-77-70(73)63-61-59-57-55-53-51-49-47-45-27-25-23-21-19-17-15-13-11-9-7-2/h8,10,14,16,20,22,26,28,30-31,33-34,36-37,39-40,42-43,46,48,52,54,69H,6-7,9,11-13,15,17-19,21,23-25,27,29,32,35,38,41,44-45,47,49-51,53,55-68H2,1-5H3/b10-8-,16-14-,22-20-,28-26-,31-30-,34-33-,37-36-,40-39-,43-42-,48-46-,54-52-. The number of nitrogens with zero attached hydrogens (tertiary/aromatic N) is 1. The van der Waals surface area contributed by atoms with Gasteiger partial charge in [0.05, 0.1) is 27.7 Å². The van der Waals surface area contributed by atoms with Gasteiger partial charge in [-0.15, -0.1) is 0 Å². The monoisotopic (exact) mass is 1150 g/mol. The molecule has 10 heteroatoms. The molecule has 0 spiro atoms. The van der Waals surface area contributed by atoms with Gasteiger partial charge >= 0.3 is 11.9 Å². The Labute approximate surface area is 498 Å². The minimum atomic E-state index is -4.66. The number of phosphoric acid groups is 1. The quantitative estimate of drug-likeness (QED) is 0.0195. The van der Waals surface area contributed by atoms with E-state index < -0.39 is 32.5 Å². The van der Waals surface area contributed by atoms with Gasteiger partial charge in [-0.1, -0.05) is 276 Å². The molecule has 0 N–H and O–H groups in total. The van der Waals surface area contributed by atoms with Crippen molar-refractivity contribution in [1.29, 1.82) is 0 Å². The van der Waals surface area contributed by atoms with Gasteiger partial charge in [-0.3, -0.25) is 14.2 Å². The Morgan fingerprint density at radius 1 is 0.395 bits per heavy atom. The molecule has 0 rings (SSSR count). The second kappa shape index (κ2) is 60.7. The number of rotatable bonds is 58. The number of esters is 2. The van der Waals surface area contributed by atoms with Gasteiger partial charge in [0, 0.05) is 12.8 Å². The van der Waals surface area contributed by atoms with Gasteiger partial charge in [0.1, 0.15) is 19.8 Å². The summed E-state index contributed by atoms with van der Waals surface area (Å²) in [5, 5.41) is 0. The van der Waals surface area contributed by atoms with E-state index in [2.05, 4.69) is 148 Å². The van der Waals surface area contributed by atoms with Crippen molar-refractivity contribution < 1.29 is 42.1 Å². The first-order valence-corrected chi connectivity index (χ1v) is 33.9. The second-order valence-electron chi connectivity index (χ2n) is 22.4. The van der Waals surface area contributed by atoms with E-state index in [0.29, 0.717) is 17.4 Å². The summed E-state index contributed by atoms with van der Waals surface area (Å²) < 4.78 is 34.2. The average Bonchev–Trinajstić information content (AvgIpc) is 3.43. The predicted molar refractivity (Wildman–Crippen MR) is 346 cm³/mol. The zero-order valence-corrected chi connectivity index (χ0v) is 53.3. The van der Waals surface area contributed by atoms with Crippen LogP contribution in [0.25, 0.3) is 0 Å². The van der Waals surface area contributed by atoms with Gasteiger partial charge in [-0.2, -0.15) is 0 Å². The van der Waals surface area contributed by atoms with Crippen LogP contribution in [0, 0.1) is 0 Å². The number of allylic oxidation sites excluding steroid dienone is 22. The molecule has 0 aliphatic heterocycles. The predicted octanol–water partition coefficient (Wildman–Crippen LogP) is 20.2. The van der Waals surface area contributed by atoms with Crippen LogP contribution in [0.4, 0.5) is 0 Å². The first kappa shape index (κ1) is 77.2. The van der Waals surface area contributed by atoms with Crippen LogP contribution in [-0.4, -0.2) is 70.0 Å². The smallest absolute Gasteiger partial charge is 0.306 e. The van der Waals surface area contributed by atoms with E-state index in [1.807, 2.05) is 21.1 Å². The van der Waals surface area contributed by atoms with Crippen LogP contribution in [0.3, 0.4) is 0 Å². The third kappa shape index (κ3) is 65.2. The highest BCUT2D eigenvalue weighted by Gasteiger charge is 2.22. The summed E-state index contributed by atoms with van der Waals surface area (Å²) in [4.78, 5) is 37.9. The van der Waals surface area contributed by atoms with E-state index >= 15 is 0 Å². The number of likely N-dealkylation sites (N-methyl/N-ethyl adjacent to an activating group) is 1. The Morgan fingerprint density at radius 3 is 1.05 bits per heavy atom. The fourth-order valence-corrected chi connectivity index (χ4v) is 9.21. The minimum Gasteiger partial charge on any atom is -0.756 e. The van der Waals surface area contributed by atoms with Crippen molar-refractivity contribution in [3.63, 3.8) is 0 Å². The first-order chi connectivity index (χ1) is 39.5. The van der Waals surface area contributed by atoms with E-state index in [1.54, 1.807) is 0 Å². The zero-order chi connectivity index (χ0) is 59.1. The van der Waals surface area contributed by atoms with E-state index in [4.69, 9.17) is 18.5 Å². The zero-order valence-electron chi connectivity index (χ0n) is 52.4. The number of hydrogen-bond donors (Lipinski definition) is 0. The van der Waals surface area contributed by atoms with Crippen molar-refractivity contribution in [2.75, 3.05) is 47.5 Å². The number of phosphoric ester groups is 1. The van der Waals surface area contributed by atoms with Crippen molar-refractivity contribution in [1.82, 2.24) is 0 Å². The van der Waals surface area contributed by atoms with Crippen molar-refractivity contribution >= 4 is 19.8 Å². The number of hydrogen-bond acceptors (Lipinski definition) is 8. The van der Waals surface area contributed by atoms with Crippen LogP contribution < -0.4 is 4.89 Å². The molecule has 81 heavy (non-hydrogen) atoms.